The molecule has 2 aromatic heterocycles. The van der Waals surface area contributed by atoms with E-state index in [0.717, 1.165) is 11.1 Å². The molecule has 0 unspecified atom stereocenters. The SMILES string of the molecule is COc1ccc2c(CC(=O)NCCc3ccccn3)cc(=O)oc2c1. The standard InChI is InChI=1S/C19H18N2O4/c1-24-15-5-6-16-13(11-19(23)25-17(16)12-15)10-18(22)21-9-7-14-4-2-3-8-20-14/h2-6,8,11-12H,7,9-10H2,1H3,(H,21,22). The number of benzene rings is 1. The Morgan fingerprint density at radius 3 is 2.88 bits per heavy atom. The Morgan fingerprint density at radius 2 is 2.12 bits per heavy atom. The lowest BCUT2D eigenvalue weighted by molar-refractivity contribution is -0.120. The van der Waals surface area contributed by atoms with E-state index in [1.165, 1.54) is 13.2 Å². The zero-order valence-electron chi connectivity index (χ0n) is 13.8. The van der Waals surface area contributed by atoms with E-state index in [2.05, 4.69) is 10.3 Å². The highest BCUT2D eigenvalue weighted by Crippen LogP contribution is 2.22. The second-order valence-corrected chi connectivity index (χ2v) is 5.55. The second kappa shape index (κ2) is 7.61. The van der Waals surface area contributed by atoms with Gasteiger partial charge in [-0.1, -0.05) is 6.07 Å². The van der Waals surface area contributed by atoms with Crippen LogP contribution in [0.5, 0.6) is 5.75 Å². The van der Waals surface area contributed by atoms with Gasteiger partial charge in [0.15, 0.2) is 0 Å². The van der Waals surface area contributed by atoms with Crippen molar-refractivity contribution in [1.82, 2.24) is 10.3 Å². The van der Waals surface area contributed by atoms with Crippen LogP contribution in [0.3, 0.4) is 0 Å². The average Bonchev–Trinajstić information content (AvgIpc) is 2.62. The maximum Gasteiger partial charge on any atom is 0.336 e. The topological polar surface area (TPSA) is 81.4 Å². The molecule has 1 amide bonds. The summed E-state index contributed by atoms with van der Waals surface area (Å²) < 4.78 is 10.3. The van der Waals surface area contributed by atoms with Gasteiger partial charge in [-0.05, 0) is 29.8 Å². The third kappa shape index (κ3) is 4.23. The molecular weight excluding hydrogens is 320 g/mol. The van der Waals surface area contributed by atoms with Gasteiger partial charge in [0.2, 0.25) is 5.91 Å². The fourth-order valence-electron chi connectivity index (χ4n) is 2.59. The van der Waals surface area contributed by atoms with Crippen LogP contribution < -0.4 is 15.7 Å². The molecule has 6 heteroatoms. The zero-order chi connectivity index (χ0) is 17.6. The van der Waals surface area contributed by atoms with Gasteiger partial charge in [0.25, 0.3) is 0 Å². The molecule has 3 rings (SSSR count). The highest BCUT2D eigenvalue weighted by Gasteiger charge is 2.11. The van der Waals surface area contributed by atoms with E-state index < -0.39 is 5.63 Å². The second-order valence-electron chi connectivity index (χ2n) is 5.55. The molecule has 0 radical (unpaired) electrons. The van der Waals surface area contributed by atoms with Crippen molar-refractivity contribution < 1.29 is 13.9 Å². The monoisotopic (exact) mass is 338 g/mol. The third-order valence-corrected chi connectivity index (χ3v) is 3.82. The van der Waals surface area contributed by atoms with Crippen LogP contribution in [-0.4, -0.2) is 24.5 Å². The number of carbonyl (C=O) groups excluding carboxylic acids is 1. The lowest BCUT2D eigenvalue weighted by atomic mass is 10.1. The molecule has 25 heavy (non-hydrogen) atoms. The number of hydrogen-bond acceptors (Lipinski definition) is 5. The fourth-order valence-corrected chi connectivity index (χ4v) is 2.59. The minimum Gasteiger partial charge on any atom is -0.497 e. The average molecular weight is 338 g/mol. The maximum atomic E-state index is 12.2. The van der Waals surface area contributed by atoms with Crippen LogP contribution in [0.4, 0.5) is 0 Å². The van der Waals surface area contributed by atoms with Crippen LogP contribution in [0.1, 0.15) is 11.3 Å². The summed E-state index contributed by atoms with van der Waals surface area (Å²) in [6.45, 7) is 0.489. The molecule has 2 heterocycles. The quantitative estimate of drug-likeness (QED) is 0.696. The number of nitrogens with zero attached hydrogens (tertiary/aromatic N) is 1. The first-order chi connectivity index (χ1) is 12.2. The molecule has 1 aromatic carbocycles. The number of rotatable bonds is 6. The molecular formula is C19H18N2O4. The molecule has 0 aliphatic heterocycles. The normalized spacial score (nSPS) is 10.6. The molecule has 3 aromatic rings. The Balaban J connectivity index is 1.69. The van der Waals surface area contributed by atoms with Crippen LogP contribution >= 0.6 is 0 Å². The van der Waals surface area contributed by atoms with E-state index >= 15 is 0 Å². The summed E-state index contributed by atoms with van der Waals surface area (Å²) in [7, 11) is 1.54. The Labute approximate surface area is 144 Å². The van der Waals surface area contributed by atoms with E-state index in [0.29, 0.717) is 29.9 Å². The number of nitrogens with one attached hydrogen (secondary N) is 1. The van der Waals surface area contributed by atoms with Crippen LogP contribution in [-0.2, 0) is 17.6 Å². The molecule has 0 atom stereocenters. The number of ether oxygens (including phenoxy) is 1. The summed E-state index contributed by atoms with van der Waals surface area (Å²) in [5, 5.41) is 3.57. The number of fused-ring (bicyclic) bond motifs is 1. The van der Waals surface area contributed by atoms with E-state index in [1.807, 2.05) is 18.2 Å². The number of aromatic nitrogens is 1. The number of amides is 1. The highest BCUT2D eigenvalue weighted by atomic mass is 16.5. The zero-order valence-corrected chi connectivity index (χ0v) is 13.8. The fraction of sp³-hybridized carbons (Fsp3) is 0.211. The summed E-state index contributed by atoms with van der Waals surface area (Å²) in [5.74, 6) is 0.436. The smallest absolute Gasteiger partial charge is 0.336 e. The number of pyridine rings is 1. The van der Waals surface area contributed by atoms with Gasteiger partial charge in [-0.25, -0.2) is 4.79 Å². The molecule has 0 fully saturated rings. The van der Waals surface area contributed by atoms with Crippen LogP contribution in [0.15, 0.2) is 57.9 Å². The molecule has 0 bridgehead atoms. The molecule has 128 valence electrons. The minimum atomic E-state index is -0.489. The van der Waals surface area contributed by atoms with Crippen LogP contribution in [0, 0.1) is 0 Å². The van der Waals surface area contributed by atoms with Gasteiger partial charge in [-0.15, -0.1) is 0 Å². The van der Waals surface area contributed by atoms with Gasteiger partial charge in [-0.3, -0.25) is 9.78 Å². The Hall–Kier alpha value is -3.15. The Kier molecular flexibility index (Phi) is 5.09. The predicted octanol–water partition coefficient (Wildman–Crippen LogP) is 2.10. The predicted molar refractivity (Wildman–Crippen MR) is 93.7 cm³/mol. The van der Waals surface area contributed by atoms with Crippen molar-refractivity contribution >= 4 is 16.9 Å². The van der Waals surface area contributed by atoms with Crippen molar-refractivity contribution in [3.8, 4) is 5.75 Å². The minimum absolute atomic E-state index is 0.108. The summed E-state index contributed by atoms with van der Waals surface area (Å²) in [4.78, 5) is 28.1. The first-order valence-electron chi connectivity index (χ1n) is 7.93. The van der Waals surface area contributed by atoms with Crippen LogP contribution in [0.25, 0.3) is 11.0 Å². The lowest BCUT2D eigenvalue weighted by Crippen LogP contribution is -2.27. The first-order valence-corrected chi connectivity index (χ1v) is 7.93. The van der Waals surface area contributed by atoms with Gasteiger partial charge < -0.3 is 14.5 Å². The van der Waals surface area contributed by atoms with Crippen molar-refractivity contribution in [2.75, 3.05) is 13.7 Å². The summed E-state index contributed by atoms with van der Waals surface area (Å²) in [5.41, 5.74) is 1.46. The Bertz CT molecular complexity index is 935. The molecule has 0 saturated carbocycles. The van der Waals surface area contributed by atoms with Gasteiger partial charge in [0.05, 0.1) is 13.5 Å². The first kappa shape index (κ1) is 16.7. The van der Waals surface area contributed by atoms with Gasteiger partial charge in [0, 0.05) is 42.4 Å². The summed E-state index contributed by atoms with van der Waals surface area (Å²) in [6.07, 6.45) is 2.49. The Morgan fingerprint density at radius 1 is 1.24 bits per heavy atom. The number of carbonyl (C=O) groups is 1. The van der Waals surface area contributed by atoms with Crippen LogP contribution in [0.2, 0.25) is 0 Å². The van der Waals surface area contributed by atoms with E-state index in [4.69, 9.17) is 9.15 Å². The van der Waals surface area contributed by atoms with Gasteiger partial charge in [0.1, 0.15) is 11.3 Å². The summed E-state index contributed by atoms with van der Waals surface area (Å²) in [6, 6.07) is 12.2. The molecule has 0 saturated heterocycles. The molecule has 0 aliphatic rings. The molecule has 1 N–H and O–H groups in total. The van der Waals surface area contributed by atoms with Gasteiger partial charge in [-0.2, -0.15) is 0 Å². The van der Waals surface area contributed by atoms with Crippen molar-refractivity contribution in [2.24, 2.45) is 0 Å². The van der Waals surface area contributed by atoms with Crippen molar-refractivity contribution in [1.29, 1.82) is 0 Å². The van der Waals surface area contributed by atoms with Crippen molar-refractivity contribution in [3.63, 3.8) is 0 Å². The van der Waals surface area contributed by atoms with E-state index in [1.54, 1.807) is 24.4 Å². The van der Waals surface area contributed by atoms with E-state index in [-0.39, 0.29) is 12.3 Å². The largest absolute Gasteiger partial charge is 0.497 e. The molecule has 0 aliphatic carbocycles. The van der Waals surface area contributed by atoms with Gasteiger partial charge >= 0.3 is 5.63 Å². The third-order valence-electron chi connectivity index (χ3n) is 3.82. The molecule has 0 spiro atoms. The lowest BCUT2D eigenvalue weighted by Gasteiger charge is -2.08. The highest BCUT2D eigenvalue weighted by molar-refractivity contribution is 5.87. The van der Waals surface area contributed by atoms with E-state index in [9.17, 15) is 9.59 Å². The number of hydrogen-bond donors (Lipinski definition) is 1. The number of methoxy groups -OCH3 is 1. The van der Waals surface area contributed by atoms with Crippen molar-refractivity contribution in [2.45, 2.75) is 12.8 Å². The van der Waals surface area contributed by atoms with Crippen molar-refractivity contribution in [3.05, 3.63) is 70.3 Å². The summed E-state index contributed by atoms with van der Waals surface area (Å²) >= 11 is 0. The maximum absolute atomic E-state index is 12.2. The molecule has 6 nitrogen and oxygen atoms in total.